The van der Waals surface area contributed by atoms with E-state index >= 15 is 0 Å². The molecule has 0 saturated carbocycles. The van der Waals surface area contributed by atoms with Crippen molar-refractivity contribution in [2.45, 2.75) is 19.2 Å². The third-order valence-electron chi connectivity index (χ3n) is 2.51. The monoisotopic (exact) mass is 286 g/mol. The molecule has 20 heavy (non-hydrogen) atoms. The van der Waals surface area contributed by atoms with E-state index in [9.17, 15) is 13.2 Å². The Morgan fingerprint density at radius 1 is 1.35 bits per heavy atom. The van der Waals surface area contributed by atoms with Crippen LogP contribution in [-0.4, -0.2) is 27.6 Å². The molecule has 1 unspecified atom stereocenters. The molecule has 2 aromatic rings. The Kier molecular flexibility index (Phi) is 3.99. The van der Waals surface area contributed by atoms with E-state index in [1.54, 1.807) is 6.92 Å². The van der Waals surface area contributed by atoms with Gasteiger partial charge in [-0.25, -0.2) is 4.68 Å². The highest BCUT2D eigenvalue weighted by molar-refractivity contribution is 5.42. The Morgan fingerprint density at radius 3 is 2.70 bits per heavy atom. The number of aliphatic hydroxyl groups excluding tert-OH is 1. The van der Waals surface area contributed by atoms with Gasteiger partial charge in [0.25, 0.3) is 0 Å². The van der Waals surface area contributed by atoms with Gasteiger partial charge in [-0.3, -0.25) is 0 Å². The lowest BCUT2D eigenvalue weighted by Crippen LogP contribution is -2.12. The van der Waals surface area contributed by atoms with Crippen LogP contribution in [0.5, 0.6) is 5.75 Å². The molecule has 0 aliphatic carbocycles. The molecule has 0 fully saturated rings. The van der Waals surface area contributed by atoms with Gasteiger partial charge in [-0.05, 0) is 19.1 Å². The number of nitrogens with zero attached hydrogens (tertiary/aromatic N) is 2. The normalized spacial score (nSPS) is 13.2. The standard InChI is InChI=1S/C13H13F3N2O2/c1-9(19)8-20-10-6-17-18(7-10)12-5-3-2-4-11(12)13(14,15)16/h2-7,9,19H,8H2,1H3. The molecule has 0 saturated heterocycles. The first-order chi connectivity index (χ1) is 9.38. The summed E-state index contributed by atoms with van der Waals surface area (Å²) >= 11 is 0. The highest BCUT2D eigenvalue weighted by Crippen LogP contribution is 2.33. The van der Waals surface area contributed by atoms with Crippen LogP contribution >= 0.6 is 0 Å². The molecule has 1 heterocycles. The maximum atomic E-state index is 12.9. The molecule has 0 radical (unpaired) electrons. The third-order valence-corrected chi connectivity index (χ3v) is 2.51. The Bertz CT molecular complexity index is 579. The second-order valence-electron chi connectivity index (χ2n) is 4.30. The van der Waals surface area contributed by atoms with E-state index in [2.05, 4.69) is 5.10 Å². The topological polar surface area (TPSA) is 47.3 Å². The van der Waals surface area contributed by atoms with Crippen LogP contribution in [0, 0.1) is 0 Å². The third kappa shape index (κ3) is 3.30. The average Bonchev–Trinajstić information content (AvgIpc) is 2.84. The van der Waals surface area contributed by atoms with Crippen molar-refractivity contribution in [1.82, 2.24) is 9.78 Å². The highest BCUT2D eigenvalue weighted by Gasteiger charge is 2.33. The van der Waals surface area contributed by atoms with Gasteiger partial charge in [-0.15, -0.1) is 0 Å². The molecule has 0 aliphatic rings. The van der Waals surface area contributed by atoms with Gasteiger partial charge in [0.05, 0.1) is 29.7 Å². The summed E-state index contributed by atoms with van der Waals surface area (Å²) in [5.74, 6) is 0.294. The molecule has 0 amide bonds. The minimum absolute atomic E-state index is 0.0482. The molecule has 0 spiro atoms. The van der Waals surface area contributed by atoms with E-state index in [4.69, 9.17) is 9.84 Å². The molecule has 2 rings (SSSR count). The number of alkyl halides is 3. The van der Waals surface area contributed by atoms with Crippen LogP contribution in [0.25, 0.3) is 5.69 Å². The minimum atomic E-state index is -4.46. The van der Waals surface area contributed by atoms with Gasteiger partial charge in [0.2, 0.25) is 0 Å². The van der Waals surface area contributed by atoms with Crippen LogP contribution in [0.1, 0.15) is 12.5 Å². The Labute approximate surface area is 113 Å². The predicted octanol–water partition coefficient (Wildman–Crippen LogP) is 2.65. The number of benzene rings is 1. The summed E-state index contributed by atoms with van der Waals surface area (Å²) in [6.07, 6.45) is -2.48. The van der Waals surface area contributed by atoms with Gasteiger partial charge in [-0.2, -0.15) is 18.3 Å². The fourth-order valence-corrected chi connectivity index (χ4v) is 1.64. The molecule has 1 N–H and O–H groups in total. The van der Waals surface area contributed by atoms with Crippen molar-refractivity contribution >= 4 is 0 Å². The summed E-state index contributed by atoms with van der Waals surface area (Å²) in [6, 6.07) is 5.14. The Hall–Kier alpha value is -2.02. The Morgan fingerprint density at radius 2 is 2.05 bits per heavy atom. The number of halogens is 3. The fourth-order valence-electron chi connectivity index (χ4n) is 1.64. The molecule has 0 aliphatic heterocycles. The van der Waals surface area contributed by atoms with Crippen LogP contribution in [0.3, 0.4) is 0 Å². The summed E-state index contributed by atoms with van der Waals surface area (Å²) in [7, 11) is 0. The van der Waals surface area contributed by atoms with Crippen LogP contribution in [0.2, 0.25) is 0 Å². The maximum absolute atomic E-state index is 12.9. The predicted molar refractivity (Wildman–Crippen MR) is 65.7 cm³/mol. The zero-order valence-corrected chi connectivity index (χ0v) is 10.6. The summed E-state index contributed by atoms with van der Waals surface area (Å²) in [4.78, 5) is 0. The van der Waals surface area contributed by atoms with E-state index in [1.165, 1.54) is 30.6 Å². The number of hydrogen-bond acceptors (Lipinski definition) is 3. The molecule has 1 atom stereocenters. The highest BCUT2D eigenvalue weighted by atomic mass is 19.4. The smallest absolute Gasteiger partial charge is 0.418 e. The van der Waals surface area contributed by atoms with Gasteiger partial charge < -0.3 is 9.84 Å². The van der Waals surface area contributed by atoms with Crippen molar-refractivity contribution in [1.29, 1.82) is 0 Å². The average molecular weight is 286 g/mol. The Balaban J connectivity index is 2.29. The minimum Gasteiger partial charge on any atom is -0.488 e. The van der Waals surface area contributed by atoms with Crippen LogP contribution in [-0.2, 0) is 6.18 Å². The quantitative estimate of drug-likeness (QED) is 0.940. The van der Waals surface area contributed by atoms with E-state index in [0.717, 1.165) is 10.7 Å². The molecule has 7 heteroatoms. The second kappa shape index (κ2) is 5.54. The second-order valence-corrected chi connectivity index (χ2v) is 4.30. The molecular weight excluding hydrogens is 273 g/mol. The van der Waals surface area contributed by atoms with Gasteiger partial charge >= 0.3 is 6.18 Å². The zero-order chi connectivity index (χ0) is 14.8. The van der Waals surface area contributed by atoms with Crippen LogP contribution < -0.4 is 4.74 Å². The number of para-hydroxylation sites is 1. The van der Waals surface area contributed by atoms with Gasteiger partial charge in [0, 0.05) is 0 Å². The maximum Gasteiger partial charge on any atom is 0.418 e. The van der Waals surface area contributed by atoms with Crippen LogP contribution in [0.4, 0.5) is 13.2 Å². The molecule has 0 bridgehead atoms. The largest absolute Gasteiger partial charge is 0.488 e. The molecule has 1 aromatic heterocycles. The van der Waals surface area contributed by atoms with Crippen molar-refractivity contribution in [2.75, 3.05) is 6.61 Å². The lowest BCUT2D eigenvalue weighted by Gasteiger charge is -2.12. The number of rotatable bonds is 4. The summed E-state index contributed by atoms with van der Waals surface area (Å²) < 4.78 is 44.9. The number of aliphatic hydroxyl groups is 1. The van der Waals surface area contributed by atoms with Crippen molar-refractivity contribution in [3.8, 4) is 11.4 Å². The van der Waals surface area contributed by atoms with E-state index in [1.807, 2.05) is 0 Å². The fraction of sp³-hybridized carbons (Fsp3) is 0.308. The molecule has 4 nitrogen and oxygen atoms in total. The number of ether oxygens (including phenoxy) is 1. The number of aromatic nitrogens is 2. The lowest BCUT2D eigenvalue weighted by molar-refractivity contribution is -0.137. The van der Waals surface area contributed by atoms with Crippen molar-refractivity contribution in [3.05, 3.63) is 42.2 Å². The summed E-state index contributed by atoms with van der Waals surface area (Å²) in [5.41, 5.74) is -0.850. The number of hydrogen-bond donors (Lipinski definition) is 1. The summed E-state index contributed by atoms with van der Waals surface area (Å²) in [5, 5.41) is 12.9. The van der Waals surface area contributed by atoms with Crippen molar-refractivity contribution in [2.24, 2.45) is 0 Å². The molecular formula is C13H13F3N2O2. The first kappa shape index (κ1) is 14.4. The van der Waals surface area contributed by atoms with Gasteiger partial charge in [-0.1, -0.05) is 12.1 Å². The first-order valence-corrected chi connectivity index (χ1v) is 5.90. The van der Waals surface area contributed by atoms with Gasteiger partial charge in [0.15, 0.2) is 5.75 Å². The summed E-state index contributed by atoms with van der Waals surface area (Å²) in [6.45, 7) is 1.59. The van der Waals surface area contributed by atoms with Gasteiger partial charge in [0.1, 0.15) is 6.61 Å². The van der Waals surface area contributed by atoms with Crippen molar-refractivity contribution < 1.29 is 23.0 Å². The lowest BCUT2D eigenvalue weighted by atomic mass is 10.2. The zero-order valence-electron chi connectivity index (χ0n) is 10.6. The van der Waals surface area contributed by atoms with E-state index in [0.29, 0.717) is 5.75 Å². The first-order valence-electron chi connectivity index (χ1n) is 5.90. The van der Waals surface area contributed by atoms with Crippen LogP contribution in [0.15, 0.2) is 36.7 Å². The SMILES string of the molecule is CC(O)COc1cnn(-c2ccccc2C(F)(F)F)c1. The van der Waals surface area contributed by atoms with E-state index in [-0.39, 0.29) is 12.3 Å². The molecule has 108 valence electrons. The van der Waals surface area contributed by atoms with E-state index < -0.39 is 17.8 Å². The molecule has 1 aromatic carbocycles. The van der Waals surface area contributed by atoms with Crippen molar-refractivity contribution in [3.63, 3.8) is 0 Å².